The summed E-state index contributed by atoms with van der Waals surface area (Å²) >= 11 is 0. The summed E-state index contributed by atoms with van der Waals surface area (Å²) in [6, 6.07) is 6.36. The smallest absolute Gasteiger partial charge is 0.357 e. The molecule has 6 heteroatoms. The molecule has 1 aromatic heterocycles. The first kappa shape index (κ1) is 10.0. The van der Waals surface area contributed by atoms with Crippen LogP contribution in [0.25, 0.3) is 0 Å². The number of nitrogens with zero attached hydrogens (tertiary/aromatic N) is 1. The van der Waals surface area contributed by atoms with Crippen LogP contribution in [-0.4, -0.2) is 21.2 Å². The van der Waals surface area contributed by atoms with Crippen molar-refractivity contribution in [1.29, 1.82) is 0 Å². The number of oxazole rings is 1. The zero-order valence-corrected chi connectivity index (χ0v) is 8.04. The Hall–Kier alpha value is -2.50. The number of nitrogens with one attached hydrogen (secondary N) is 1. The summed E-state index contributed by atoms with van der Waals surface area (Å²) in [4.78, 5) is 14.2. The normalized spacial score (nSPS) is 10.0. The monoisotopic (exact) mass is 220 g/mol. The van der Waals surface area contributed by atoms with E-state index in [9.17, 15) is 9.90 Å². The van der Waals surface area contributed by atoms with Gasteiger partial charge in [0.05, 0.1) is 0 Å². The van der Waals surface area contributed by atoms with Gasteiger partial charge in [0.25, 0.3) is 6.01 Å². The van der Waals surface area contributed by atoms with Crippen LogP contribution in [0.4, 0.5) is 11.7 Å². The average molecular weight is 220 g/mol. The number of phenolic OH excluding ortho intramolecular Hbond substituents is 1. The Balaban J connectivity index is 2.17. The lowest BCUT2D eigenvalue weighted by atomic mass is 10.3. The van der Waals surface area contributed by atoms with Crippen molar-refractivity contribution in [3.63, 3.8) is 0 Å². The van der Waals surface area contributed by atoms with Crippen LogP contribution in [0.5, 0.6) is 5.75 Å². The predicted molar refractivity (Wildman–Crippen MR) is 54.9 cm³/mol. The fourth-order valence-electron chi connectivity index (χ4n) is 1.14. The van der Waals surface area contributed by atoms with Gasteiger partial charge in [-0.25, -0.2) is 4.79 Å². The molecule has 0 atom stereocenters. The van der Waals surface area contributed by atoms with Crippen molar-refractivity contribution in [2.75, 3.05) is 5.32 Å². The van der Waals surface area contributed by atoms with Crippen LogP contribution in [0, 0.1) is 0 Å². The number of aromatic nitrogens is 1. The molecule has 82 valence electrons. The van der Waals surface area contributed by atoms with Crippen LogP contribution in [0.3, 0.4) is 0 Å². The summed E-state index contributed by atoms with van der Waals surface area (Å²) in [5.74, 6) is -1.07. The zero-order valence-electron chi connectivity index (χ0n) is 8.04. The highest BCUT2D eigenvalue weighted by molar-refractivity contribution is 5.85. The Morgan fingerprint density at radius 1 is 1.44 bits per heavy atom. The standard InChI is InChI=1S/C10H8N2O4/c13-7-3-1-2-6(4-7)11-10-12-8(5-16-10)9(14)15/h1-5,13H,(H,11,12)(H,14,15). The van der Waals surface area contributed by atoms with Crippen molar-refractivity contribution >= 4 is 17.7 Å². The fourth-order valence-corrected chi connectivity index (χ4v) is 1.14. The van der Waals surface area contributed by atoms with E-state index in [0.29, 0.717) is 5.69 Å². The van der Waals surface area contributed by atoms with Gasteiger partial charge in [0.15, 0.2) is 5.69 Å². The molecule has 0 fully saturated rings. The highest BCUT2D eigenvalue weighted by Crippen LogP contribution is 2.19. The van der Waals surface area contributed by atoms with E-state index in [4.69, 9.17) is 9.52 Å². The minimum absolute atomic E-state index is 0.0583. The predicted octanol–water partition coefficient (Wildman–Crippen LogP) is 1.82. The Labute approximate surface area is 90.2 Å². The Kier molecular flexibility index (Phi) is 2.47. The highest BCUT2D eigenvalue weighted by atomic mass is 16.4. The van der Waals surface area contributed by atoms with E-state index in [1.165, 1.54) is 12.1 Å². The molecule has 6 nitrogen and oxygen atoms in total. The molecule has 16 heavy (non-hydrogen) atoms. The van der Waals surface area contributed by atoms with Gasteiger partial charge in [-0.15, -0.1) is 0 Å². The average Bonchev–Trinajstić information content (AvgIpc) is 2.66. The van der Waals surface area contributed by atoms with E-state index >= 15 is 0 Å². The third-order valence-electron chi connectivity index (χ3n) is 1.82. The van der Waals surface area contributed by atoms with Crippen molar-refractivity contribution in [2.45, 2.75) is 0 Å². The number of aromatic hydroxyl groups is 1. The molecule has 0 radical (unpaired) electrons. The molecule has 1 heterocycles. The highest BCUT2D eigenvalue weighted by Gasteiger charge is 2.10. The van der Waals surface area contributed by atoms with Gasteiger partial charge >= 0.3 is 5.97 Å². The van der Waals surface area contributed by atoms with Crippen molar-refractivity contribution in [1.82, 2.24) is 4.98 Å². The van der Waals surface area contributed by atoms with Gasteiger partial charge in [-0.2, -0.15) is 4.98 Å². The molecule has 2 aromatic rings. The van der Waals surface area contributed by atoms with Crippen molar-refractivity contribution in [3.05, 3.63) is 36.2 Å². The number of rotatable bonds is 3. The van der Waals surface area contributed by atoms with Gasteiger partial charge in [-0.05, 0) is 12.1 Å². The molecule has 1 aromatic carbocycles. The van der Waals surface area contributed by atoms with Crippen molar-refractivity contribution < 1.29 is 19.4 Å². The minimum Gasteiger partial charge on any atom is -0.508 e. The summed E-state index contributed by atoms with van der Waals surface area (Å²) in [6.45, 7) is 0. The number of carboxylic acid groups (broad SMARTS) is 1. The SMILES string of the molecule is O=C(O)c1coc(Nc2cccc(O)c2)n1. The quantitative estimate of drug-likeness (QED) is 0.730. The van der Waals surface area contributed by atoms with Crippen molar-refractivity contribution in [3.8, 4) is 5.75 Å². The van der Waals surface area contributed by atoms with Crippen LogP contribution in [0.15, 0.2) is 34.9 Å². The minimum atomic E-state index is -1.16. The molecule has 0 unspecified atom stereocenters. The first-order valence-electron chi connectivity index (χ1n) is 4.40. The van der Waals surface area contributed by atoms with Gasteiger partial charge in [-0.3, -0.25) is 0 Å². The molecule has 0 saturated heterocycles. The summed E-state index contributed by atoms with van der Waals surface area (Å²) < 4.78 is 4.89. The third kappa shape index (κ3) is 2.11. The maximum Gasteiger partial charge on any atom is 0.357 e. The molecule has 0 saturated carbocycles. The van der Waals surface area contributed by atoms with E-state index < -0.39 is 5.97 Å². The first-order valence-corrected chi connectivity index (χ1v) is 4.40. The molecule has 3 N–H and O–H groups in total. The van der Waals surface area contributed by atoms with Crippen LogP contribution < -0.4 is 5.32 Å². The maximum atomic E-state index is 10.5. The first-order chi connectivity index (χ1) is 7.65. The second-order valence-corrected chi connectivity index (χ2v) is 3.02. The summed E-state index contributed by atoms with van der Waals surface area (Å²) in [6.07, 6.45) is 1.04. The molecular formula is C10H8N2O4. The maximum absolute atomic E-state index is 10.5. The van der Waals surface area contributed by atoms with Crippen LogP contribution >= 0.6 is 0 Å². The largest absolute Gasteiger partial charge is 0.508 e. The second-order valence-electron chi connectivity index (χ2n) is 3.02. The number of hydrogen-bond acceptors (Lipinski definition) is 5. The molecule has 0 aliphatic heterocycles. The van der Waals surface area contributed by atoms with E-state index in [0.717, 1.165) is 6.26 Å². The van der Waals surface area contributed by atoms with Crippen LogP contribution in [0.1, 0.15) is 10.5 Å². The lowest BCUT2D eigenvalue weighted by molar-refractivity contribution is 0.0690. The van der Waals surface area contributed by atoms with Gasteiger partial charge in [-0.1, -0.05) is 6.07 Å². The third-order valence-corrected chi connectivity index (χ3v) is 1.82. The topological polar surface area (TPSA) is 95.6 Å². The number of aromatic carboxylic acids is 1. The number of anilines is 2. The Morgan fingerprint density at radius 3 is 2.88 bits per heavy atom. The summed E-state index contributed by atoms with van der Waals surface area (Å²) in [7, 11) is 0. The Bertz CT molecular complexity index is 521. The molecule has 2 rings (SSSR count). The van der Waals surface area contributed by atoms with Gasteiger partial charge in [0, 0.05) is 11.8 Å². The second kappa shape index (κ2) is 3.93. The zero-order chi connectivity index (χ0) is 11.5. The lowest BCUT2D eigenvalue weighted by Crippen LogP contribution is -1.97. The molecule has 0 aliphatic carbocycles. The van der Waals surface area contributed by atoms with Crippen LogP contribution in [-0.2, 0) is 0 Å². The van der Waals surface area contributed by atoms with Gasteiger partial charge in [0.1, 0.15) is 12.0 Å². The van der Waals surface area contributed by atoms with E-state index in [-0.39, 0.29) is 17.5 Å². The van der Waals surface area contributed by atoms with E-state index in [2.05, 4.69) is 10.3 Å². The van der Waals surface area contributed by atoms with Crippen LogP contribution in [0.2, 0.25) is 0 Å². The van der Waals surface area contributed by atoms with E-state index in [1.54, 1.807) is 12.1 Å². The fraction of sp³-hybridized carbons (Fsp3) is 0. The summed E-state index contributed by atoms with van der Waals surface area (Å²) in [5.41, 5.74) is 0.376. The number of carboxylic acids is 1. The van der Waals surface area contributed by atoms with Gasteiger partial charge in [0.2, 0.25) is 0 Å². The lowest BCUT2D eigenvalue weighted by Gasteiger charge is -2.00. The number of carbonyl (C=O) groups is 1. The molecular weight excluding hydrogens is 212 g/mol. The number of phenols is 1. The Morgan fingerprint density at radius 2 is 2.25 bits per heavy atom. The molecule has 0 aliphatic rings. The van der Waals surface area contributed by atoms with E-state index in [1.807, 2.05) is 0 Å². The number of hydrogen-bond donors (Lipinski definition) is 3. The molecule has 0 spiro atoms. The number of benzene rings is 1. The molecule has 0 amide bonds. The van der Waals surface area contributed by atoms with Gasteiger partial charge < -0.3 is 19.9 Å². The van der Waals surface area contributed by atoms with Crippen molar-refractivity contribution in [2.24, 2.45) is 0 Å². The summed E-state index contributed by atoms with van der Waals surface area (Å²) in [5, 5.41) is 20.5. The molecule has 0 bridgehead atoms.